The number of carbonyl (C=O) groups is 2. The quantitative estimate of drug-likeness (QED) is 0.877. The van der Waals surface area contributed by atoms with Crippen LogP contribution in [0.3, 0.4) is 0 Å². The minimum Gasteiger partial charge on any atom is -0.497 e. The highest BCUT2D eigenvalue weighted by atomic mass is 16.5. The van der Waals surface area contributed by atoms with Crippen LogP contribution in [0.5, 0.6) is 5.75 Å². The van der Waals surface area contributed by atoms with Crippen LogP contribution in [-0.4, -0.2) is 51.5 Å². The van der Waals surface area contributed by atoms with E-state index < -0.39 is 11.9 Å². The minimum atomic E-state index is -0.856. The molecule has 0 bridgehead atoms. The Morgan fingerprint density at radius 1 is 1.38 bits per heavy atom. The van der Waals surface area contributed by atoms with Crippen molar-refractivity contribution in [2.45, 2.75) is 32.7 Å². The van der Waals surface area contributed by atoms with Gasteiger partial charge in [-0.2, -0.15) is 0 Å². The number of nitrogens with one attached hydrogen (secondary N) is 1. The van der Waals surface area contributed by atoms with E-state index in [1.54, 1.807) is 25.9 Å². The Morgan fingerprint density at radius 2 is 2.15 bits per heavy atom. The average Bonchev–Trinajstić information content (AvgIpc) is 3.03. The van der Waals surface area contributed by atoms with Crippen LogP contribution in [-0.2, 0) is 4.79 Å². The Balaban J connectivity index is 1.88. The molecule has 1 aliphatic heterocycles. The first-order valence-corrected chi connectivity index (χ1v) is 8.67. The summed E-state index contributed by atoms with van der Waals surface area (Å²) in [6, 6.07) is 7.07. The number of carboxylic acid groups (broad SMARTS) is 1. The molecule has 3 rings (SSSR count). The van der Waals surface area contributed by atoms with Crippen molar-refractivity contribution in [3.05, 3.63) is 35.7 Å². The predicted molar refractivity (Wildman–Crippen MR) is 96.2 cm³/mol. The van der Waals surface area contributed by atoms with Crippen LogP contribution in [0, 0.1) is 12.8 Å². The molecule has 1 aliphatic rings. The third kappa shape index (κ3) is 3.29. The number of amides is 1. The van der Waals surface area contributed by atoms with Gasteiger partial charge >= 0.3 is 5.97 Å². The van der Waals surface area contributed by atoms with Crippen molar-refractivity contribution in [2.75, 3.05) is 13.7 Å². The molecule has 138 valence electrons. The number of nitrogens with zero attached hydrogens (tertiary/aromatic N) is 2. The van der Waals surface area contributed by atoms with Crippen molar-refractivity contribution in [1.82, 2.24) is 14.9 Å². The maximum atomic E-state index is 13.0. The van der Waals surface area contributed by atoms with Crippen LogP contribution in [0.15, 0.2) is 24.3 Å². The number of hydrogen-bond donors (Lipinski definition) is 2. The maximum Gasteiger partial charge on any atom is 0.308 e. The zero-order valence-electron chi connectivity index (χ0n) is 15.2. The molecule has 2 atom stereocenters. The number of methoxy groups -OCH3 is 1. The third-order valence-corrected chi connectivity index (χ3v) is 5.00. The number of aromatic amines is 1. The fourth-order valence-electron chi connectivity index (χ4n) is 3.47. The van der Waals surface area contributed by atoms with E-state index in [0.717, 1.165) is 5.56 Å². The fraction of sp³-hybridized carbons (Fsp3) is 0.421. The first-order chi connectivity index (χ1) is 12.4. The molecule has 2 heterocycles. The average molecular weight is 357 g/mol. The highest BCUT2D eigenvalue weighted by Crippen LogP contribution is 2.27. The van der Waals surface area contributed by atoms with Gasteiger partial charge in [-0.15, -0.1) is 0 Å². The van der Waals surface area contributed by atoms with Gasteiger partial charge in [0.15, 0.2) is 0 Å². The van der Waals surface area contributed by atoms with E-state index in [4.69, 9.17) is 4.74 Å². The van der Waals surface area contributed by atoms with E-state index >= 15 is 0 Å². The zero-order chi connectivity index (χ0) is 18.8. The molecule has 2 aromatic rings. The standard InChI is InChI=1S/C19H23N3O4/c1-11-16(18(23)22-9-5-8-15(12(22)2)19(24)25)21-17(20-11)13-6-4-7-14(10-13)26-3/h4,6-7,10,12,15H,5,8-9H2,1-3H3,(H,20,21)(H,24,25)/t12-,15-/m0/s1. The van der Waals surface area contributed by atoms with Crippen LogP contribution >= 0.6 is 0 Å². The van der Waals surface area contributed by atoms with Gasteiger partial charge in [-0.05, 0) is 38.8 Å². The normalized spacial score (nSPS) is 20.0. The second kappa shape index (κ2) is 7.19. The van der Waals surface area contributed by atoms with Crippen LogP contribution in [0.2, 0.25) is 0 Å². The third-order valence-electron chi connectivity index (χ3n) is 5.00. The largest absolute Gasteiger partial charge is 0.497 e. The highest BCUT2D eigenvalue weighted by molar-refractivity contribution is 5.94. The van der Waals surface area contributed by atoms with Gasteiger partial charge in [-0.3, -0.25) is 9.59 Å². The number of imidazole rings is 1. The van der Waals surface area contributed by atoms with Gasteiger partial charge in [0, 0.05) is 23.8 Å². The number of aryl methyl sites for hydroxylation is 1. The number of hydrogen-bond acceptors (Lipinski definition) is 4. The number of carbonyl (C=O) groups excluding carboxylic acids is 1. The van der Waals surface area contributed by atoms with Crippen LogP contribution < -0.4 is 4.74 Å². The van der Waals surface area contributed by atoms with Crippen molar-refractivity contribution in [3.63, 3.8) is 0 Å². The van der Waals surface area contributed by atoms with Crippen molar-refractivity contribution >= 4 is 11.9 Å². The van der Waals surface area contributed by atoms with E-state index in [-0.39, 0.29) is 11.9 Å². The fourth-order valence-corrected chi connectivity index (χ4v) is 3.47. The Bertz CT molecular complexity index is 830. The van der Waals surface area contributed by atoms with E-state index in [1.807, 2.05) is 24.3 Å². The lowest BCUT2D eigenvalue weighted by atomic mass is 9.90. The molecule has 0 aliphatic carbocycles. The molecule has 2 N–H and O–H groups in total. The summed E-state index contributed by atoms with van der Waals surface area (Å²) in [5.41, 5.74) is 1.82. The lowest BCUT2D eigenvalue weighted by Crippen LogP contribution is -2.49. The molecule has 1 saturated heterocycles. The molecule has 26 heavy (non-hydrogen) atoms. The Kier molecular flexibility index (Phi) is 4.97. The molecule has 7 heteroatoms. The van der Waals surface area contributed by atoms with Gasteiger partial charge in [0.1, 0.15) is 17.3 Å². The lowest BCUT2D eigenvalue weighted by molar-refractivity contribution is -0.144. The van der Waals surface area contributed by atoms with Crippen molar-refractivity contribution in [3.8, 4) is 17.1 Å². The number of rotatable bonds is 4. The van der Waals surface area contributed by atoms with E-state index in [1.165, 1.54) is 0 Å². The predicted octanol–water partition coefficient (Wildman–Crippen LogP) is 2.72. The summed E-state index contributed by atoms with van der Waals surface area (Å²) in [5.74, 6) is -0.329. The molecule has 0 saturated carbocycles. The molecule has 0 radical (unpaired) electrons. The monoisotopic (exact) mass is 357 g/mol. The Labute approximate surface area is 152 Å². The molecule has 1 aromatic heterocycles. The molecule has 1 fully saturated rings. The number of aromatic nitrogens is 2. The Hall–Kier alpha value is -2.83. The maximum absolute atomic E-state index is 13.0. The number of aliphatic carboxylic acids is 1. The first-order valence-electron chi connectivity index (χ1n) is 8.67. The Morgan fingerprint density at radius 3 is 2.85 bits per heavy atom. The second-order valence-corrected chi connectivity index (χ2v) is 6.62. The van der Waals surface area contributed by atoms with E-state index in [0.29, 0.717) is 42.3 Å². The van der Waals surface area contributed by atoms with Gasteiger partial charge in [-0.25, -0.2) is 4.98 Å². The number of carboxylic acids is 1. The lowest BCUT2D eigenvalue weighted by Gasteiger charge is -2.37. The van der Waals surface area contributed by atoms with E-state index in [2.05, 4.69) is 9.97 Å². The number of H-pyrrole nitrogens is 1. The topological polar surface area (TPSA) is 95.5 Å². The zero-order valence-corrected chi connectivity index (χ0v) is 15.2. The van der Waals surface area contributed by atoms with Gasteiger partial charge in [0.25, 0.3) is 5.91 Å². The summed E-state index contributed by atoms with van der Waals surface area (Å²) in [7, 11) is 1.60. The second-order valence-electron chi connectivity index (χ2n) is 6.62. The SMILES string of the molecule is COc1cccc(-c2nc(C(=O)N3CCC[C@H](C(=O)O)[C@@H]3C)c(C)[nH]2)c1. The smallest absolute Gasteiger partial charge is 0.308 e. The number of benzene rings is 1. The number of likely N-dealkylation sites (tertiary alicyclic amines) is 1. The molecular formula is C19H23N3O4. The van der Waals surface area contributed by atoms with Gasteiger partial charge in [-0.1, -0.05) is 12.1 Å². The molecule has 1 amide bonds. The minimum absolute atomic E-state index is 0.230. The van der Waals surface area contributed by atoms with Crippen LogP contribution in [0.1, 0.15) is 35.9 Å². The summed E-state index contributed by atoms with van der Waals surface area (Å²) < 4.78 is 5.23. The highest BCUT2D eigenvalue weighted by Gasteiger charge is 2.36. The summed E-state index contributed by atoms with van der Waals surface area (Å²) in [6.07, 6.45) is 1.27. The van der Waals surface area contributed by atoms with Crippen molar-refractivity contribution < 1.29 is 19.4 Å². The van der Waals surface area contributed by atoms with E-state index in [9.17, 15) is 14.7 Å². The summed E-state index contributed by atoms with van der Waals surface area (Å²) in [4.78, 5) is 33.7. The molecule has 7 nitrogen and oxygen atoms in total. The molecule has 0 unspecified atom stereocenters. The number of ether oxygens (including phenoxy) is 1. The van der Waals surface area contributed by atoms with Crippen molar-refractivity contribution in [1.29, 1.82) is 0 Å². The van der Waals surface area contributed by atoms with Crippen LogP contribution in [0.4, 0.5) is 0 Å². The van der Waals surface area contributed by atoms with Gasteiger partial charge in [0.2, 0.25) is 0 Å². The van der Waals surface area contributed by atoms with Crippen molar-refractivity contribution in [2.24, 2.45) is 5.92 Å². The first kappa shape index (κ1) is 18.0. The summed E-state index contributed by atoms with van der Waals surface area (Å²) in [5, 5.41) is 9.36. The number of piperidine rings is 1. The summed E-state index contributed by atoms with van der Waals surface area (Å²) >= 11 is 0. The molecule has 1 aromatic carbocycles. The van der Waals surface area contributed by atoms with Crippen LogP contribution in [0.25, 0.3) is 11.4 Å². The van der Waals surface area contributed by atoms with Gasteiger partial charge < -0.3 is 19.7 Å². The molecule has 0 spiro atoms. The summed E-state index contributed by atoms with van der Waals surface area (Å²) in [6.45, 7) is 4.14. The molecular weight excluding hydrogens is 334 g/mol. The van der Waals surface area contributed by atoms with Gasteiger partial charge in [0.05, 0.1) is 13.0 Å².